The molecule has 110 valence electrons. The quantitative estimate of drug-likeness (QED) is 0.647. The van der Waals surface area contributed by atoms with Crippen molar-refractivity contribution in [1.29, 1.82) is 0 Å². The molecule has 0 spiro atoms. The van der Waals surface area contributed by atoms with Crippen LogP contribution >= 0.6 is 11.8 Å². The van der Waals surface area contributed by atoms with Crippen LogP contribution in [0.3, 0.4) is 0 Å². The molecule has 1 rings (SSSR count). The van der Waals surface area contributed by atoms with E-state index in [4.69, 9.17) is 0 Å². The van der Waals surface area contributed by atoms with Crippen LogP contribution in [0.25, 0.3) is 0 Å². The molecular formula is C15H21NO3S. The number of thioether (sulfide) groups is 1. The lowest BCUT2D eigenvalue weighted by Crippen LogP contribution is -2.35. The van der Waals surface area contributed by atoms with Crippen LogP contribution < -0.4 is 5.32 Å². The number of nitrogens with one attached hydrogen (secondary N) is 1. The minimum Gasteiger partial charge on any atom is -0.469 e. The van der Waals surface area contributed by atoms with Gasteiger partial charge in [0.25, 0.3) is 0 Å². The Morgan fingerprint density at radius 2 is 2.05 bits per heavy atom. The molecule has 1 unspecified atom stereocenters. The summed E-state index contributed by atoms with van der Waals surface area (Å²) in [4.78, 5) is 24.0. The van der Waals surface area contributed by atoms with Crippen LogP contribution in [0.5, 0.6) is 0 Å². The van der Waals surface area contributed by atoms with E-state index in [1.54, 1.807) is 6.92 Å². The van der Waals surface area contributed by atoms with E-state index in [0.717, 1.165) is 10.5 Å². The molecule has 4 nitrogen and oxygen atoms in total. The third-order valence-electron chi connectivity index (χ3n) is 2.81. The monoisotopic (exact) mass is 295 g/mol. The summed E-state index contributed by atoms with van der Waals surface area (Å²) in [5, 5.41) is 2.79. The zero-order chi connectivity index (χ0) is 15.1. The fraction of sp³-hybridized carbons (Fsp3) is 0.467. The summed E-state index contributed by atoms with van der Waals surface area (Å²) in [7, 11) is 1.34. The average Bonchev–Trinajstić information content (AvgIpc) is 2.39. The standard InChI is InChI=1S/C15H21NO3S/c1-10-5-6-11(2)13(7-10)20-9-14(17)16-12(3)8-15(18)19-4/h5-7,12H,8-9H2,1-4H3,(H,16,17). The van der Waals surface area contributed by atoms with Gasteiger partial charge in [0.15, 0.2) is 0 Å². The van der Waals surface area contributed by atoms with Gasteiger partial charge in [-0.2, -0.15) is 0 Å². The smallest absolute Gasteiger partial charge is 0.307 e. The van der Waals surface area contributed by atoms with Crippen LogP contribution in [0.4, 0.5) is 0 Å². The van der Waals surface area contributed by atoms with E-state index in [2.05, 4.69) is 28.3 Å². The zero-order valence-electron chi connectivity index (χ0n) is 12.4. The van der Waals surface area contributed by atoms with Crippen molar-refractivity contribution in [2.24, 2.45) is 0 Å². The fourth-order valence-corrected chi connectivity index (χ4v) is 2.64. The molecule has 1 aromatic carbocycles. The Morgan fingerprint density at radius 3 is 2.70 bits per heavy atom. The molecule has 0 saturated heterocycles. The molecule has 1 N–H and O–H groups in total. The molecule has 0 aromatic heterocycles. The van der Waals surface area contributed by atoms with Gasteiger partial charge >= 0.3 is 5.97 Å². The second-order valence-corrected chi connectivity index (χ2v) is 5.82. The van der Waals surface area contributed by atoms with Crippen LogP contribution in [0.15, 0.2) is 23.1 Å². The SMILES string of the molecule is COC(=O)CC(C)NC(=O)CSc1cc(C)ccc1C. The highest BCUT2D eigenvalue weighted by Gasteiger charge is 2.12. The number of esters is 1. The number of hydrogen-bond donors (Lipinski definition) is 1. The summed E-state index contributed by atoms with van der Waals surface area (Å²) in [6, 6.07) is 5.97. The maximum Gasteiger partial charge on any atom is 0.307 e. The summed E-state index contributed by atoms with van der Waals surface area (Å²) in [6.45, 7) is 5.85. The summed E-state index contributed by atoms with van der Waals surface area (Å²) in [6.07, 6.45) is 0.191. The van der Waals surface area contributed by atoms with Gasteiger partial charge < -0.3 is 10.1 Å². The number of ether oxygens (including phenoxy) is 1. The lowest BCUT2D eigenvalue weighted by Gasteiger charge is -2.13. The molecule has 0 aliphatic rings. The van der Waals surface area contributed by atoms with Gasteiger partial charge in [-0.15, -0.1) is 11.8 Å². The molecule has 20 heavy (non-hydrogen) atoms. The van der Waals surface area contributed by atoms with Gasteiger partial charge in [-0.1, -0.05) is 17.7 Å². The lowest BCUT2D eigenvalue weighted by atomic mass is 10.2. The van der Waals surface area contributed by atoms with Crippen molar-refractivity contribution < 1.29 is 14.3 Å². The minimum atomic E-state index is -0.319. The third-order valence-corrected chi connectivity index (χ3v) is 3.97. The van der Waals surface area contributed by atoms with E-state index in [9.17, 15) is 9.59 Å². The fourth-order valence-electron chi connectivity index (χ4n) is 1.71. The van der Waals surface area contributed by atoms with Crippen LogP contribution in [-0.4, -0.2) is 30.8 Å². The molecule has 0 saturated carbocycles. The summed E-state index contributed by atoms with van der Waals surface area (Å²) in [5.74, 6) is -0.0530. The molecular weight excluding hydrogens is 274 g/mol. The topological polar surface area (TPSA) is 55.4 Å². The molecule has 0 bridgehead atoms. The Hall–Kier alpha value is -1.49. The highest BCUT2D eigenvalue weighted by molar-refractivity contribution is 8.00. The van der Waals surface area contributed by atoms with Crippen molar-refractivity contribution in [3.05, 3.63) is 29.3 Å². The van der Waals surface area contributed by atoms with Crippen LogP contribution in [0.1, 0.15) is 24.5 Å². The Balaban J connectivity index is 2.43. The van der Waals surface area contributed by atoms with E-state index in [0.29, 0.717) is 5.75 Å². The van der Waals surface area contributed by atoms with Crippen molar-refractivity contribution in [2.75, 3.05) is 12.9 Å². The van der Waals surface area contributed by atoms with E-state index < -0.39 is 0 Å². The first kappa shape index (κ1) is 16.6. The molecule has 1 atom stereocenters. The lowest BCUT2D eigenvalue weighted by molar-refractivity contribution is -0.141. The second kappa shape index (κ2) is 7.94. The Bertz CT molecular complexity index is 488. The second-order valence-electron chi connectivity index (χ2n) is 4.81. The van der Waals surface area contributed by atoms with Crippen molar-refractivity contribution in [2.45, 2.75) is 38.1 Å². The van der Waals surface area contributed by atoms with E-state index >= 15 is 0 Å². The van der Waals surface area contributed by atoms with Gasteiger partial charge in [-0.05, 0) is 32.4 Å². The normalized spacial score (nSPS) is 11.8. The first-order valence-corrected chi connectivity index (χ1v) is 7.47. The summed E-state index contributed by atoms with van der Waals surface area (Å²) in [5.41, 5.74) is 2.34. The van der Waals surface area contributed by atoms with E-state index in [1.807, 2.05) is 13.8 Å². The predicted molar refractivity (Wildman–Crippen MR) is 80.9 cm³/mol. The number of aryl methyl sites for hydroxylation is 2. The van der Waals surface area contributed by atoms with Gasteiger partial charge in [0.2, 0.25) is 5.91 Å². The molecule has 0 aliphatic carbocycles. The number of methoxy groups -OCH3 is 1. The van der Waals surface area contributed by atoms with E-state index in [1.165, 1.54) is 24.4 Å². The van der Waals surface area contributed by atoms with Gasteiger partial charge in [0, 0.05) is 10.9 Å². The van der Waals surface area contributed by atoms with E-state index in [-0.39, 0.29) is 24.3 Å². The maximum atomic E-state index is 11.8. The first-order chi connectivity index (χ1) is 9.42. The molecule has 0 aliphatic heterocycles. The van der Waals surface area contributed by atoms with Gasteiger partial charge in [-0.3, -0.25) is 9.59 Å². The highest BCUT2D eigenvalue weighted by atomic mass is 32.2. The Morgan fingerprint density at radius 1 is 1.35 bits per heavy atom. The third kappa shape index (κ3) is 5.65. The van der Waals surface area contributed by atoms with Gasteiger partial charge in [0.1, 0.15) is 0 Å². The number of amides is 1. The molecule has 0 radical (unpaired) electrons. The Kier molecular flexibility index (Phi) is 6.58. The van der Waals surface area contributed by atoms with Crippen LogP contribution in [0.2, 0.25) is 0 Å². The van der Waals surface area contributed by atoms with Crippen LogP contribution in [0, 0.1) is 13.8 Å². The number of carbonyl (C=O) groups excluding carboxylic acids is 2. The number of rotatable bonds is 6. The van der Waals surface area contributed by atoms with Crippen molar-refractivity contribution in [1.82, 2.24) is 5.32 Å². The number of benzene rings is 1. The molecule has 5 heteroatoms. The number of carbonyl (C=O) groups is 2. The molecule has 1 amide bonds. The summed E-state index contributed by atoms with van der Waals surface area (Å²) < 4.78 is 4.57. The molecule has 0 fully saturated rings. The highest BCUT2D eigenvalue weighted by Crippen LogP contribution is 2.23. The zero-order valence-corrected chi connectivity index (χ0v) is 13.2. The average molecular weight is 295 g/mol. The van der Waals surface area contributed by atoms with Gasteiger partial charge in [-0.25, -0.2) is 0 Å². The predicted octanol–water partition coefficient (Wildman–Crippen LogP) is 2.46. The first-order valence-electron chi connectivity index (χ1n) is 6.48. The van der Waals surface area contributed by atoms with Crippen LogP contribution in [-0.2, 0) is 14.3 Å². The largest absolute Gasteiger partial charge is 0.469 e. The molecule has 1 aromatic rings. The summed E-state index contributed by atoms with van der Waals surface area (Å²) >= 11 is 1.51. The Labute approximate surface area is 124 Å². The van der Waals surface area contributed by atoms with Crippen molar-refractivity contribution >= 4 is 23.6 Å². The maximum absolute atomic E-state index is 11.8. The minimum absolute atomic E-state index is 0.0766. The van der Waals surface area contributed by atoms with Gasteiger partial charge in [0.05, 0.1) is 19.3 Å². The molecule has 0 heterocycles. The van der Waals surface area contributed by atoms with Crippen molar-refractivity contribution in [3.63, 3.8) is 0 Å². The number of hydrogen-bond acceptors (Lipinski definition) is 4. The van der Waals surface area contributed by atoms with Crippen molar-refractivity contribution in [3.8, 4) is 0 Å².